The van der Waals surface area contributed by atoms with Crippen molar-refractivity contribution in [3.63, 3.8) is 0 Å². The number of ether oxygens (including phenoxy) is 1. The van der Waals surface area contributed by atoms with Gasteiger partial charge in [0.25, 0.3) is 0 Å². The zero-order valence-electron chi connectivity index (χ0n) is 11.0. The van der Waals surface area contributed by atoms with Crippen molar-refractivity contribution in [1.29, 1.82) is 0 Å². The minimum atomic E-state index is -4.40. The van der Waals surface area contributed by atoms with Crippen molar-refractivity contribution in [2.45, 2.75) is 24.2 Å². The molecule has 0 aliphatic heterocycles. The zero-order valence-corrected chi connectivity index (χ0v) is 11.8. The Morgan fingerprint density at radius 1 is 1.50 bits per heavy atom. The molecule has 0 aliphatic rings. The van der Waals surface area contributed by atoms with Gasteiger partial charge in [0, 0.05) is 19.3 Å². The minimum Gasteiger partial charge on any atom is -0.383 e. The van der Waals surface area contributed by atoms with Crippen LogP contribution in [0.5, 0.6) is 0 Å². The molecule has 0 spiro atoms. The van der Waals surface area contributed by atoms with Gasteiger partial charge in [0.05, 0.1) is 22.9 Å². The van der Waals surface area contributed by atoms with Gasteiger partial charge in [0.1, 0.15) is 0 Å². The third-order valence-corrected chi connectivity index (χ3v) is 3.18. The number of carbonyl (C=O) groups is 1. The van der Waals surface area contributed by atoms with E-state index in [1.165, 1.54) is 13.2 Å². The van der Waals surface area contributed by atoms with Crippen molar-refractivity contribution in [2.75, 3.05) is 19.5 Å². The molecule has 1 N–H and O–H groups in total. The van der Waals surface area contributed by atoms with Crippen molar-refractivity contribution in [3.05, 3.63) is 23.9 Å². The van der Waals surface area contributed by atoms with Crippen LogP contribution in [0.4, 0.5) is 13.2 Å². The molecule has 0 bridgehead atoms. The Morgan fingerprint density at radius 3 is 2.70 bits per heavy atom. The number of rotatable bonds is 6. The summed E-state index contributed by atoms with van der Waals surface area (Å²) in [5, 5.41) is 3.06. The highest BCUT2D eigenvalue weighted by molar-refractivity contribution is 7.99. The summed E-state index contributed by atoms with van der Waals surface area (Å²) in [6.45, 7) is 2.19. The smallest absolute Gasteiger partial charge is 0.383 e. The molecule has 0 radical (unpaired) electrons. The van der Waals surface area contributed by atoms with Crippen molar-refractivity contribution in [3.8, 4) is 0 Å². The molecule has 1 aromatic rings. The third-order valence-electron chi connectivity index (χ3n) is 2.24. The fourth-order valence-corrected chi connectivity index (χ4v) is 2.03. The van der Waals surface area contributed by atoms with E-state index in [2.05, 4.69) is 10.3 Å². The molecule has 0 unspecified atom stereocenters. The molecule has 0 saturated carbocycles. The fraction of sp³-hybridized carbons (Fsp3) is 0.500. The molecule has 20 heavy (non-hydrogen) atoms. The van der Waals surface area contributed by atoms with Gasteiger partial charge in [-0.3, -0.25) is 4.79 Å². The Hall–Kier alpha value is -1.28. The highest BCUT2D eigenvalue weighted by Crippen LogP contribution is 2.29. The maximum absolute atomic E-state index is 12.3. The molecular formula is C12H15F3N2O2S. The number of nitrogens with zero attached hydrogens (tertiary/aromatic N) is 1. The average molecular weight is 308 g/mol. The number of methoxy groups -OCH3 is 1. The van der Waals surface area contributed by atoms with Crippen LogP contribution in [0.25, 0.3) is 0 Å². The van der Waals surface area contributed by atoms with Gasteiger partial charge >= 0.3 is 6.18 Å². The van der Waals surface area contributed by atoms with Crippen molar-refractivity contribution in [2.24, 2.45) is 0 Å². The summed E-state index contributed by atoms with van der Waals surface area (Å²) in [6.07, 6.45) is -3.64. The number of amides is 1. The van der Waals surface area contributed by atoms with Crippen molar-refractivity contribution < 1.29 is 22.7 Å². The second kappa shape index (κ2) is 7.49. The van der Waals surface area contributed by atoms with E-state index in [1.54, 1.807) is 6.92 Å². The first-order valence-electron chi connectivity index (χ1n) is 5.77. The molecule has 1 atom stereocenters. The van der Waals surface area contributed by atoms with Crippen LogP contribution in [-0.2, 0) is 15.7 Å². The number of thioether (sulfide) groups is 1. The van der Waals surface area contributed by atoms with E-state index in [0.717, 1.165) is 24.0 Å². The van der Waals surface area contributed by atoms with Gasteiger partial charge in [0.15, 0.2) is 0 Å². The van der Waals surface area contributed by atoms with Gasteiger partial charge in [-0.1, -0.05) is 11.8 Å². The Morgan fingerprint density at radius 2 is 2.20 bits per heavy atom. The first kappa shape index (κ1) is 16.8. The summed E-state index contributed by atoms with van der Waals surface area (Å²) in [5.41, 5.74) is -0.806. The Kier molecular flexibility index (Phi) is 6.28. The third kappa shape index (κ3) is 5.79. The number of nitrogens with one attached hydrogen (secondary N) is 1. The number of aromatic nitrogens is 1. The number of carbonyl (C=O) groups excluding carboxylic acids is 1. The fourth-order valence-electron chi connectivity index (χ4n) is 1.38. The molecule has 4 nitrogen and oxygen atoms in total. The topological polar surface area (TPSA) is 51.2 Å². The Labute approximate surface area is 119 Å². The lowest BCUT2D eigenvalue weighted by Crippen LogP contribution is -2.36. The zero-order chi connectivity index (χ0) is 15.2. The van der Waals surface area contributed by atoms with Crippen LogP contribution in [-0.4, -0.2) is 36.4 Å². The molecule has 0 aliphatic carbocycles. The van der Waals surface area contributed by atoms with Gasteiger partial charge in [-0.05, 0) is 19.1 Å². The molecule has 112 valence electrons. The molecule has 1 aromatic heterocycles. The van der Waals surface area contributed by atoms with E-state index in [0.29, 0.717) is 11.6 Å². The second-order valence-electron chi connectivity index (χ2n) is 4.10. The van der Waals surface area contributed by atoms with Crippen LogP contribution in [0, 0.1) is 0 Å². The summed E-state index contributed by atoms with van der Waals surface area (Å²) < 4.78 is 41.9. The highest BCUT2D eigenvalue weighted by Gasteiger charge is 2.30. The van der Waals surface area contributed by atoms with Crippen LogP contribution in [0.15, 0.2) is 23.4 Å². The molecule has 1 rings (SSSR count). The molecular weight excluding hydrogens is 293 g/mol. The van der Waals surface area contributed by atoms with E-state index >= 15 is 0 Å². The standard InChI is InChI=1S/C12H15F3N2O2S/c1-8(6-19-2)17-10(18)7-20-11-4-3-9(5-16-11)12(13,14)15/h3-5,8H,6-7H2,1-2H3,(H,17,18)/t8-/m0/s1. The Bertz CT molecular complexity index is 437. The molecule has 0 saturated heterocycles. The minimum absolute atomic E-state index is 0.0897. The van der Waals surface area contributed by atoms with Gasteiger partial charge < -0.3 is 10.1 Å². The Balaban J connectivity index is 2.44. The first-order valence-corrected chi connectivity index (χ1v) is 6.76. The van der Waals surface area contributed by atoms with Crippen LogP contribution in [0.2, 0.25) is 0 Å². The first-order chi connectivity index (χ1) is 9.32. The predicted octanol–water partition coefficient (Wildman–Crippen LogP) is 2.34. The van der Waals surface area contributed by atoms with Crippen LogP contribution < -0.4 is 5.32 Å². The second-order valence-corrected chi connectivity index (χ2v) is 5.09. The molecule has 0 fully saturated rings. The van der Waals surface area contributed by atoms with E-state index in [4.69, 9.17) is 4.74 Å². The predicted molar refractivity (Wildman–Crippen MR) is 69.4 cm³/mol. The number of hydrogen-bond acceptors (Lipinski definition) is 4. The number of halogens is 3. The monoisotopic (exact) mass is 308 g/mol. The van der Waals surface area contributed by atoms with Gasteiger partial charge in [-0.2, -0.15) is 13.2 Å². The van der Waals surface area contributed by atoms with E-state index < -0.39 is 11.7 Å². The quantitative estimate of drug-likeness (QED) is 0.820. The van der Waals surface area contributed by atoms with Crippen molar-refractivity contribution >= 4 is 17.7 Å². The van der Waals surface area contributed by atoms with Crippen LogP contribution >= 0.6 is 11.8 Å². The lowest BCUT2D eigenvalue weighted by Gasteiger charge is -2.12. The van der Waals surface area contributed by atoms with E-state index in [-0.39, 0.29) is 17.7 Å². The number of pyridine rings is 1. The summed E-state index contributed by atoms with van der Waals surface area (Å²) in [6, 6.07) is 2.08. The van der Waals surface area contributed by atoms with Crippen molar-refractivity contribution in [1.82, 2.24) is 10.3 Å². The molecule has 1 heterocycles. The van der Waals surface area contributed by atoms with Gasteiger partial charge in [-0.25, -0.2) is 4.98 Å². The molecule has 1 amide bonds. The summed E-state index contributed by atoms with van der Waals surface area (Å²) >= 11 is 1.08. The van der Waals surface area contributed by atoms with E-state index in [9.17, 15) is 18.0 Å². The molecule has 8 heteroatoms. The van der Waals surface area contributed by atoms with Gasteiger partial charge in [0.2, 0.25) is 5.91 Å². The number of hydrogen-bond donors (Lipinski definition) is 1. The molecule has 0 aromatic carbocycles. The normalized spacial score (nSPS) is 13.1. The maximum atomic E-state index is 12.3. The highest BCUT2D eigenvalue weighted by atomic mass is 32.2. The SMILES string of the molecule is COC[C@H](C)NC(=O)CSc1ccc(C(F)(F)F)cn1. The summed E-state index contributed by atoms with van der Waals surface area (Å²) in [5.74, 6) is -0.131. The summed E-state index contributed by atoms with van der Waals surface area (Å²) in [4.78, 5) is 15.2. The number of alkyl halides is 3. The van der Waals surface area contributed by atoms with Crippen LogP contribution in [0.1, 0.15) is 12.5 Å². The van der Waals surface area contributed by atoms with Gasteiger partial charge in [-0.15, -0.1) is 0 Å². The van der Waals surface area contributed by atoms with E-state index in [1.807, 2.05) is 0 Å². The van der Waals surface area contributed by atoms with Crippen LogP contribution in [0.3, 0.4) is 0 Å². The lowest BCUT2D eigenvalue weighted by atomic mass is 10.3. The average Bonchev–Trinajstić information content (AvgIpc) is 2.36. The maximum Gasteiger partial charge on any atom is 0.417 e. The largest absolute Gasteiger partial charge is 0.417 e. The summed E-state index contributed by atoms with van der Waals surface area (Å²) in [7, 11) is 1.53. The lowest BCUT2D eigenvalue weighted by molar-refractivity contribution is -0.137.